The number of rotatable bonds is 5. The maximum absolute atomic E-state index is 11.6. The highest BCUT2D eigenvalue weighted by atomic mass is 32.1. The van der Waals surface area contributed by atoms with E-state index in [2.05, 4.69) is 10.3 Å². The van der Waals surface area contributed by atoms with Gasteiger partial charge in [0.1, 0.15) is 0 Å². The van der Waals surface area contributed by atoms with Gasteiger partial charge in [-0.2, -0.15) is 0 Å². The minimum atomic E-state index is -0.418. The Morgan fingerprint density at radius 1 is 1.69 bits per heavy atom. The van der Waals surface area contributed by atoms with Crippen LogP contribution in [0.1, 0.15) is 24.8 Å². The Bertz CT molecular complexity index is 364. The predicted octanol–water partition coefficient (Wildman–Crippen LogP) is 1.29. The number of hydrogen-bond donors (Lipinski definition) is 2. The van der Waals surface area contributed by atoms with E-state index in [0.717, 1.165) is 5.01 Å². The molecule has 6 heteroatoms. The average Bonchev–Trinajstić information content (AvgIpc) is 2.77. The first kappa shape index (κ1) is 13.1. The maximum atomic E-state index is 11.6. The molecule has 0 aromatic carbocycles. The van der Waals surface area contributed by atoms with E-state index in [-0.39, 0.29) is 16.8 Å². The molecule has 0 saturated carbocycles. The lowest BCUT2D eigenvalue weighted by molar-refractivity contribution is -0.122. The molecule has 0 saturated heterocycles. The molecule has 0 bridgehead atoms. The van der Waals surface area contributed by atoms with Crippen molar-refractivity contribution in [3.05, 3.63) is 16.6 Å². The summed E-state index contributed by atoms with van der Waals surface area (Å²) in [5.41, 5.74) is 5.40. The molecule has 0 aliphatic heterocycles. The number of nitrogens with one attached hydrogen (secondary N) is 1. The molecule has 0 aliphatic carbocycles. The van der Waals surface area contributed by atoms with Gasteiger partial charge in [-0.05, 0) is 6.92 Å². The Kier molecular flexibility index (Phi) is 4.82. The van der Waals surface area contributed by atoms with E-state index in [4.69, 9.17) is 18.0 Å². The summed E-state index contributed by atoms with van der Waals surface area (Å²) in [5.74, 6) is -0.336. The van der Waals surface area contributed by atoms with Crippen LogP contribution < -0.4 is 11.1 Å². The molecule has 3 N–H and O–H groups in total. The number of amides is 1. The number of thiocarbonyl (C=S) groups is 1. The van der Waals surface area contributed by atoms with E-state index in [9.17, 15) is 4.79 Å². The number of nitrogens with zero attached hydrogens (tertiary/aromatic N) is 1. The summed E-state index contributed by atoms with van der Waals surface area (Å²) in [6.07, 6.45) is 1.76. The zero-order valence-electron chi connectivity index (χ0n) is 9.27. The van der Waals surface area contributed by atoms with E-state index in [1.807, 2.05) is 12.3 Å². The lowest BCUT2D eigenvalue weighted by Crippen LogP contribution is -2.37. The number of nitrogens with two attached hydrogens (primary N) is 1. The normalized spacial score (nSPS) is 14.1. The van der Waals surface area contributed by atoms with Crippen molar-refractivity contribution >= 4 is 34.5 Å². The van der Waals surface area contributed by atoms with Crippen LogP contribution in [0.25, 0.3) is 0 Å². The molecule has 2 atom stereocenters. The molecule has 4 nitrogen and oxygen atoms in total. The quantitative estimate of drug-likeness (QED) is 0.780. The van der Waals surface area contributed by atoms with Gasteiger partial charge in [0.05, 0.1) is 15.9 Å². The Balaban J connectivity index is 2.40. The summed E-state index contributed by atoms with van der Waals surface area (Å²) >= 11 is 6.35. The van der Waals surface area contributed by atoms with Crippen LogP contribution >= 0.6 is 23.6 Å². The zero-order chi connectivity index (χ0) is 12.1. The van der Waals surface area contributed by atoms with E-state index < -0.39 is 5.92 Å². The highest BCUT2D eigenvalue weighted by molar-refractivity contribution is 7.80. The molecule has 88 valence electrons. The van der Waals surface area contributed by atoms with Crippen molar-refractivity contribution in [2.75, 3.05) is 6.54 Å². The fourth-order valence-electron chi connectivity index (χ4n) is 1.10. The maximum Gasteiger partial charge on any atom is 0.229 e. The van der Waals surface area contributed by atoms with Gasteiger partial charge in [0.15, 0.2) is 0 Å². The number of aromatic nitrogens is 1. The second kappa shape index (κ2) is 5.91. The molecule has 1 aromatic heterocycles. The average molecular weight is 257 g/mol. The fourth-order valence-corrected chi connectivity index (χ4v) is 1.91. The van der Waals surface area contributed by atoms with Gasteiger partial charge in [-0.25, -0.2) is 4.98 Å². The third kappa shape index (κ3) is 3.53. The van der Waals surface area contributed by atoms with Crippen molar-refractivity contribution in [1.29, 1.82) is 0 Å². The third-order valence-electron chi connectivity index (χ3n) is 2.28. The van der Waals surface area contributed by atoms with Crippen LogP contribution in [0.3, 0.4) is 0 Å². The summed E-state index contributed by atoms with van der Waals surface area (Å²) in [5, 5.41) is 5.75. The summed E-state index contributed by atoms with van der Waals surface area (Å²) in [4.78, 5) is 16.0. The van der Waals surface area contributed by atoms with Crippen LogP contribution in [0.4, 0.5) is 0 Å². The number of thiazole rings is 1. The second-order valence-electron chi connectivity index (χ2n) is 3.64. The topological polar surface area (TPSA) is 68.0 Å². The van der Waals surface area contributed by atoms with E-state index in [0.29, 0.717) is 6.54 Å². The van der Waals surface area contributed by atoms with Crippen molar-refractivity contribution in [2.24, 2.45) is 11.7 Å². The Hall–Kier alpha value is -1.01. The van der Waals surface area contributed by atoms with Crippen molar-refractivity contribution in [3.8, 4) is 0 Å². The Morgan fingerprint density at radius 3 is 2.88 bits per heavy atom. The Labute approximate surface area is 104 Å². The predicted molar refractivity (Wildman–Crippen MR) is 69.5 cm³/mol. The molecule has 16 heavy (non-hydrogen) atoms. The van der Waals surface area contributed by atoms with E-state index in [1.54, 1.807) is 24.5 Å². The van der Waals surface area contributed by atoms with Gasteiger partial charge in [0.2, 0.25) is 5.91 Å². The van der Waals surface area contributed by atoms with Gasteiger partial charge < -0.3 is 11.1 Å². The molecule has 2 unspecified atom stereocenters. The molecule has 0 radical (unpaired) electrons. The first-order valence-electron chi connectivity index (χ1n) is 4.98. The minimum absolute atomic E-state index is 0.129. The second-order valence-corrected chi connectivity index (χ2v) is 5.04. The molecule has 1 aromatic rings. The van der Waals surface area contributed by atoms with Crippen molar-refractivity contribution in [3.63, 3.8) is 0 Å². The largest absolute Gasteiger partial charge is 0.393 e. The number of hydrogen-bond acceptors (Lipinski definition) is 4. The van der Waals surface area contributed by atoms with Crippen molar-refractivity contribution in [1.82, 2.24) is 10.3 Å². The fraction of sp³-hybridized carbons (Fsp3) is 0.500. The molecular formula is C10H15N3OS2. The first-order valence-corrected chi connectivity index (χ1v) is 6.27. The van der Waals surface area contributed by atoms with E-state index >= 15 is 0 Å². The van der Waals surface area contributed by atoms with Gasteiger partial charge in [-0.15, -0.1) is 11.3 Å². The molecule has 1 heterocycles. The minimum Gasteiger partial charge on any atom is -0.393 e. The standard InChI is InChI=1S/C10H15N3OS2/c1-6(10-12-3-4-16-10)5-13-9(14)7(2)8(11)15/h3-4,6-7H,5H2,1-2H3,(H2,11,15)(H,13,14). The van der Waals surface area contributed by atoms with Crippen LogP contribution in [-0.2, 0) is 4.79 Å². The van der Waals surface area contributed by atoms with Gasteiger partial charge in [-0.3, -0.25) is 4.79 Å². The van der Waals surface area contributed by atoms with Gasteiger partial charge in [-0.1, -0.05) is 19.1 Å². The highest BCUT2D eigenvalue weighted by Crippen LogP contribution is 2.16. The summed E-state index contributed by atoms with van der Waals surface area (Å²) in [7, 11) is 0. The van der Waals surface area contributed by atoms with Crippen LogP contribution in [0.15, 0.2) is 11.6 Å². The van der Waals surface area contributed by atoms with Gasteiger partial charge in [0, 0.05) is 24.0 Å². The summed E-state index contributed by atoms with van der Waals surface area (Å²) in [6, 6.07) is 0. The van der Waals surface area contributed by atoms with Crippen molar-refractivity contribution < 1.29 is 4.79 Å². The molecule has 0 aliphatic rings. The zero-order valence-corrected chi connectivity index (χ0v) is 10.9. The van der Waals surface area contributed by atoms with Gasteiger partial charge in [0.25, 0.3) is 0 Å². The van der Waals surface area contributed by atoms with Gasteiger partial charge >= 0.3 is 0 Å². The monoisotopic (exact) mass is 257 g/mol. The lowest BCUT2D eigenvalue weighted by Gasteiger charge is -2.13. The molecule has 1 rings (SSSR count). The molecule has 0 fully saturated rings. The number of carbonyl (C=O) groups excluding carboxylic acids is 1. The number of carbonyl (C=O) groups is 1. The Morgan fingerprint density at radius 2 is 2.38 bits per heavy atom. The van der Waals surface area contributed by atoms with Crippen LogP contribution in [0, 0.1) is 5.92 Å². The first-order chi connectivity index (χ1) is 7.52. The smallest absolute Gasteiger partial charge is 0.229 e. The van der Waals surface area contributed by atoms with Crippen LogP contribution in [0.2, 0.25) is 0 Å². The summed E-state index contributed by atoms with van der Waals surface area (Å²) in [6.45, 7) is 4.27. The van der Waals surface area contributed by atoms with Crippen LogP contribution in [-0.4, -0.2) is 22.4 Å². The third-order valence-corrected chi connectivity index (χ3v) is 3.64. The van der Waals surface area contributed by atoms with Crippen LogP contribution in [0.5, 0.6) is 0 Å². The SMILES string of the molecule is CC(C(=O)NCC(C)c1nccs1)C(N)=S. The summed E-state index contributed by atoms with van der Waals surface area (Å²) < 4.78 is 0. The molecule has 0 spiro atoms. The highest BCUT2D eigenvalue weighted by Gasteiger charge is 2.16. The van der Waals surface area contributed by atoms with E-state index in [1.165, 1.54) is 0 Å². The molecule has 1 amide bonds. The molecular weight excluding hydrogens is 242 g/mol. The van der Waals surface area contributed by atoms with Crippen molar-refractivity contribution in [2.45, 2.75) is 19.8 Å². The lowest BCUT2D eigenvalue weighted by atomic mass is 10.1.